The summed E-state index contributed by atoms with van der Waals surface area (Å²) in [5.74, 6) is 0. The molecule has 3 N–H and O–H groups in total. The maximum Gasteiger partial charge on any atom is 0.279 e. The van der Waals surface area contributed by atoms with Gasteiger partial charge in [0.15, 0.2) is 11.7 Å². The third kappa shape index (κ3) is 2.63. The molecule has 9 heteroatoms. The molecule has 132 valence electrons. The van der Waals surface area contributed by atoms with Crippen LogP contribution in [0.4, 0.5) is 0 Å². The van der Waals surface area contributed by atoms with Crippen molar-refractivity contribution < 1.29 is 20.1 Å². The highest BCUT2D eigenvalue weighted by Gasteiger charge is 2.44. The molecule has 1 saturated heterocycles. The van der Waals surface area contributed by atoms with E-state index in [4.69, 9.17) is 4.74 Å². The summed E-state index contributed by atoms with van der Waals surface area (Å²) in [6.45, 7) is 3.85. The van der Waals surface area contributed by atoms with Crippen LogP contribution < -0.4 is 5.56 Å². The number of aliphatic hydroxyl groups excluding tert-OH is 3. The molecule has 9 nitrogen and oxygen atoms in total. The first-order chi connectivity index (χ1) is 11.5. The number of hydrogen-bond acceptors (Lipinski definition) is 7. The van der Waals surface area contributed by atoms with Gasteiger partial charge in [0.2, 0.25) is 0 Å². The molecule has 0 bridgehead atoms. The first kappa shape index (κ1) is 17.0. The number of aryl methyl sites for hydroxylation is 2. The van der Waals surface area contributed by atoms with Crippen LogP contribution in [0.3, 0.4) is 0 Å². The van der Waals surface area contributed by atoms with E-state index in [-0.39, 0.29) is 11.1 Å². The Hall–Kier alpha value is -1.81. The van der Waals surface area contributed by atoms with Crippen LogP contribution in [0.5, 0.6) is 0 Å². The van der Waals surface area contributed by atoms with Gasteiger partial charge in [-0.1, -0.05) is 13.3 Å². The van der Waals surface area contributed by atoms with Gasteiger partial charge in [0.25, 0.3) is 5.56 Å². The zero-order valence-corrected chi connectivity index (χ0v) is 13.7. The lowest BCUT2D eigenvalue weighted by Crippen LogP contribution is -2.33. The first-order valence-corrected chi connectivity index (χ1v) is 8.06. The van der Waals surface area contributed by atoms with Crippen molar-refractivity contribution in [2.24, 2.45) is 0 Å². The second-order valence-corrected chi connectivity index (χ2v) is 6.05. The molecule has 4 atom stereocenters. The highest BCUT2D eigenvalue weighted by molar-refractivity contribution is 5.76. The number of hydrogen-bond donors (Lipinski definition) is 3. The molecule has 1 aliphatic heterocycles. The third-order valence-electron chi connectivity index (χ3n) is 4.35. The van der Waals surface area contributed by atoms with Crippen molar-refractivity contribution >= 4 is 11.0 Å². The summed E-state index contributed by atoms with van der Waals surface area (Å²) in [5.41, 5.74) is 0.917. The number of aromatic nitrogens is 4. The summed E-state index contributed by atoms with van der Waals surface area (Å²) in [6.07, 6.45) is -1.25. The smallest absolute Gasteiger partial charge is 0.279 e. The lowest BCUT2D eigenvalue weighted by molar-refractivity contribution is -0.0566. The van der Waals surface area contributed by atoms with Crippen LogP contribution in [0, 0.1) is 6.92 Å². The predicted octanol–water partition coefficient (Wildman–Crippen LogP) is -0.687. The molecule has 0 radical (unpaired) electrons. The molecule has 0 spiro atoms. The second kappa shape index (κ2) is 6.60. The molecular weight excluding hydrogens is 316 g/mol. The van der Waals surface area contributed by atoms with Crippen molar-refractivity contribution in [3.8, 4) is 0 Å². The van der Waals surface area contributed by atoms with Crippen LogP contribution >= 0.6 is 0 Å². The number of ether oxygens (including phenoxy) is 1. The standard InChI is InChI=1S/C15H22N4O5/c1-3-4-5-18-7-16-10-8(2)17-19(11(10)14(18)23)15-13(22)12(21)9(6-20)24-15/h7,9,12-13,15,20-22H,3-6H2,1-2H3/t9-,12-,13-,15-/m1/s1. The van der Waals surface area contributed by atoms with E-state index in [1.54, 1.807) is 6.92 Å². The number of aliphatic hydroxyl groups is 3. The normalized spacial score (nSPS) is 27.2. The molecule has 2 aromatic rings. The first-order valence-electron chi connectivity index (χ1n) is 8.06. The van der Waals surface area contributed by atoms with Gasteiger partial charge in [-0.25, -0.2) is 9.67 Å². The van der Waals surface area contributed by atoms with E-state index in [9.17, 15) is 20.1 Å². The van der Waals surface area contributed by atoms with E-state index >= 15 is 0 Å². The van der Waals surface area contributed by atoms with E-state index in [1.807, 2.05) is 6.92 Å². The fourth-order valence-electron chi connectivity index (χ4n) is 2.96. The topological polar surface area (TPSA) is 123 Å². The van der Waals surface area contributed by atoms with E-state index in [0.29, 0.717) is 17.8 Å². The van der Waals surface area contributed by atoms with Crippen molar-refractivity contribution in [1.29, 1.82) is 0 Å². The highest BCUT2D eigenvalue weighted by atomic mass is 16.6. The SMILES string of the molecule is CCCCn1cnc2c(C)nn([C@@H]3O[C@H](CO)[C@@H](O)[C@H]3O)c2c1=O. The summed E-state index contributed by atoms with van der Waals surface area (Å²) in [7, 11) is 0. The van der Waals surface area contributed by atoms with Crippen LogP contribution in [0.15, 0.2) is 11.1 Å². The van der Waals surface area contributed by atoms with Crippen molar-refractivity contribution in [2.75, 3.05) is 6.61 Å². The van der Waals surface area contributed by atoms with Crippen molar-refractivity contribution in [2.45, 2.75) is 57.8 Å². The Labute approximate surface area is 138 Å². The van der Waals surface area contributed by atoms with Crippen LogP contribution in [0.25, 0.3) is 11.0 Å². The quantitative estimate of drug-likeness (QED) is 0.659. The Balaban J connectivity index is 2.10. The molecule has 0 unspecified atom stereocenters. The van der Waals surface area contributed by atoms with E-state index in [2.05, 4.69) is 10.1 Å². The summed E-state index contributed by atoms with van der Waals surface area (Å²) < 4.78 is 8.27. The summed E-state index contributed by atoms with van der Waals surface area (Å²) in [6, 6.07) is 0. The van der Waals surface area contributed by atoms with Gasteiger partial charge >= 0.3 is 0 Å². The second-order valence-electron chi connectivity index (χ2n) is 6.05. The Kier molecular flexibility index (Phi) is 4.68. The fraction of sp³-hybridized carbons (Fsp3) is 0.667. The Morgan fingerprint density at radius 2 is 2.08 bits per heavy atom. The Bertz CT molecular complexity index is 786. The van der Waals surface area contributed by atoms with E-state index < -0.39 is 31.1 Å². The van der Waals surface area contributed by atoms with Crippen LogP contribution in [-0.2, 0) is 11.3 Å². The van der Waals surface area contributed by atoms with E-state index in [1.165, 1.54) is 15.6 Å². The van der Waals surface area contributed by atoms with E-state index in [0.717, 1.165) is 12.8 Å². The van der Waals surface area contributed by atoms with Gasteiger partial charge < -0.3 is 20.1 Å². The molecule has 1 aliphatic rings. The highest BCUT2D eigenvalue weighted by Crippen LogP contribution is 2.30. The zero-order valence-electron chi connectivity index (χ0n) is 13.7. The maximum atomic E-state index is 12.8. The molecule has 0 aromatic carbocycles. The van der Waals surface area contributed by atoms with Gasteiger partial charge in [0, 0.05) is 6.54 Å². The predicted molar refractivity (Wildman–Crippen MR) is 84.4 cm³/mol. The number of nitrogens with zero attached hydrogens (tertiary/aromatic N) is 4. The molecule has 0 amide bonds. The molecular formula is C15H22N4O5. The van der Waals surface area contributed by atoms with Gasteiger partial charge in [-0.15, -0.1) is 0 Å². The van der Waals surface area contributed by atoms with Crippen molar-refractivity contribution in [1.82, 2.24) is 19.3 Å². The minimum Gasteiger partial charge on any atom is -0.394 e. The molecule has 1 fully saturated rings. The summed E-state index contributed by atoms with van der Waals surface area (Å²) >= 11 is 0. The van der Waals surface area contributed by atoms with Gasteiger partial charge in [-0.2, -0.15) is 5.10 Å². The van der Waals surface area contributed by atoms with Gasteiger partial charge in [-0.05, 0) is 13.3 Å². The number of unbranched alkanes of at least 4 members (excludes halogenated alkanes) is 1. The van der Waals surface area contributed by atoms with Gasteiger partial charge in [0.05, 0.1) is 18.6 Å². The zero-order chi connectivity index (χ0) is 17.4. The number of fused-ring (bicyclic) bond motifs is 1. The average molecular weight is 338 g/mol. The van der Waals surface area contributed by atoms with Crippen molar-refractivity contribution in [3.63, 3.8) is 0 Å². The van der Waals surface area contributed by atoms with Gasteiger partial charge in [-0.3, -0.25) is 9.36 Å². The summed E-state index contributed by atoms with van der Waals surface area (Å²) in [4.78, 5) is 17.1. The average Bonchev–Trinajstić information content (AvgIpc) is 3.05. The van der Waals surface area contributed by atoms with Gasteiger partial charge in [0.1, 0.15) is 23.8 Å². The van der Waals surface area contributed by atoms with Crippen LogP contribution in [0.2, 0.25) is 0 Å². The Morgan fingerprint density at radius 1 is 1.33 bits per heavy atom. The minimum absolute atomic E-state index is 0.223. The molecule has 0 saturated carbocycles. The van der Waals surface area contributed by atoms with Crippen LogP contribution in [0.1, 0.15) is 31.7 Å². The third-order valence-corrected chi connectivity index (χ3v) is 4.35. The Morgan fingerprint density at radius 3 is 2.71 bits per heavy atom. The lowest BCUT2D eigenvalue weighted by atomic mass is 10.1. The monoisotopic (exact) mass is 338 g/mol. The lowest BCUT2D eigenvalue weighted by Gasteiger charge is -2.16. The maximum absolute atomic E-state index is 12.8. The van der Waals surface area contributed by atoms with Crippen molar-refractivity contribution in [3.05, 3.63) is 22.4 Å². The summed E-state index contributed by atoms with van der Waals surface area (Å²) in [5, 5.41) is 33.6. The van der Waals surface area contributed by atoms with Crippen LogP contribution in [-0.4, -0.2) is 59.6 Å². The molecule has 3 rings (SSSR count). The fourth-order valence-corrected chi connectivity index (χ4v) is 2.96. The molecule has 3 heterocycles. The largest absolute Gasteiger partial charge is 0.394 e. The number of rotatable bonds is 5. The minimum atomic E-state index is -1.30. The molecule has 24 heavy (non-hydrogen) atoms. The molecule has 0 aliphatic carbocycles. The molecule has 2 aromatic heterocycles.